The molecule has 0 radical (unpaired) electrons. The van der Waals surface area contributed by atoms with Gasteiger partial charge in [0.25, 0.3) is 0 Å². The maximum Gasteiger partial charge on any atom is 0.417 e. The van der Waals surface area contributed by atoms with Crippen molar-refractivity contribution in [1.82, 2.24) is 15.2 Å². The van der Waals surface area contributed by atoms with Gasteiger partial charge in [0.15, 0.2) is 0 Å². The molecule has 2 aliphatic rings. The van der Waals surface area contributed by atoms with Crippen molar-refractivity contribution in [3.63, 3.8) is 0 Å². The zero-order valence-corrected chi connectivity index (χ0v) is 14.4. The minimum atomic E-state index is -4.39. The van der Waals surface area contributed by atoms with Gasteiger partial charge in [0.1, 0.15) is 5.82 Å². The zero-order valence-electron chi connectivity index (χ0n) is 14.4. The number of hydrogen-bond donors (Lipinski definition) is 1. The quantitative estimate of drug-likeness (QED) is 0.819. The van der Waals surface area contributed by atoms with Gasteiger partial charge in [-0.3, -0.25) is 14.5 Å². The molecule has 6 nitrogen and oxygen atoms in total. The van der Waals surface area contributed by atoms with E-state index in [1.807, 2.05) is 4.90 Å². The normalized spacial score (nSPS) is 22.4. The number of amides is 2. The number of rotatable bonds is 4. The van der Waals surface area contributed by atoms with Crippen LogP contribution in [-0.4, -0.2) is 53.4 Å². The summed E-state index contributed by atoms with van der Waals surface area (Å²) in [5.74, 6) is 0.187. The van der Waals surface area contributed by atoms with E-state index in [0.29, 0.717) is 25.5 Å². The Labute approximate surface area is 149 Å². The third-order valence-corrected chi connectivity index (χ3v) is 4.89. The molecule has 2 aliphatic heterocycles. The van der Waals surface area contributed by atoms with Gasteiger partial charge < -0.3 is 10.2 Å². The lowest BCUT2D eigenvalue weighted by atomic mass is 10.0. The van der Waals surface area contributed by atoms with Crippen LogP contribution in [0.5, 0.6) is 0 Å². The minimum absolute atomic E-state index is 0.0965. The molecule has 1 atom stereocenters. The molecule has 1 aromatic rings. The van der Waals surface area contributed by atoms with Gasteiger partial charge in [0.2, 0.25) is 11.8 Å². The number of piperidine rings is 1. The summed E-state index contributed by atoms with van der Waals surface area (Å²) in [5.41, 5.74) is -0.761. The Morgan fingerprint density at radius 3 is 2.42 bits per heavy atom. The van der Waals surface area contributed by atoms with E-state index >= 15 is 0 Å². The van der Waals surface area contributed by atoms with Crippen molar-refractivity contribution < 1.29 is 22.8 Å². The number of carbonyl (C=O) groups is 2. The SMILES string of the molecule is CCN1C(=O)CC(NC2CCN(c3ccc(C(F)(F)F)cn3)CC2)C1=O. The molecule has 1 N–H and O–H groups in total. The van der Waals surface area contributed by atoms with Crippen molar-refractivity contribution in [1.29, 1.82) is 0 Å². The Morgan fingerprint density at radius 1 is 1.23 bits per heavy atom. The van der Waals surface area contributed by atoms with Gasteiger partial charge in [0, 0.05) is 31.9 Å². The second-order valence-corrected chi connectivity index (χ2v) is 6.56. The molecule has 3 heterocycles. The Balaban J connectivity index is 1.53. The smallest absolute Gasteiger partial charge is 0.357 e. The summed E-state index contributed by atoms with van der Waals surface area (Å²) in [6.07, 6.45) is -1.89. The van der Waals surface area contributed by atoms with Crippen molar-refractivity contribution in [3.05, 3.63) is 23.9 Å². The molecule has 0 bridgehead atoms. The van der Waals surface area contributed by atoms with Crippen LogP contribution in [0.2, 0.25) is 0 Å². The van der Waals surface area contributed by atoms with E-state index in [9.17, 15) is 22.8 Å². The lowest BCUT2D eigenvalue weighted by Crippen LogP contribution is -2.49. The van der Waals surface area contributed by atoms with Gasteiger partial charge in [-0.2, -0.15) is 13.2 Å². The van der Waals surface area contributed by atoms with Crippen molar-refractivity contribution in [2.45, 2.75) is 44.4 Å². The molecule has 2 saturated heterocycles. The first-order valence-electron chi connectivity index (χ1n) is 8.68. The number of nitrogens with one attached hydrogen (secondary N) is 1. The number of pyridine rings is 1. The second kappa shape index (κ2) is 7.22. The fourth-order valence-electron chi connectivity index (χ4n) is 3.45. The van der Waals surface area contributed by atoms with Crippen LogP contribution in [0, 0.1) is 0 Å². The average Bonchev–Trinajstić information content (AvgIpc) is 2.88. The highest BCUT2D eigenvalue weighted by Gasteiger charge is 2.39. The molecule has 0 saturated carbocycles. The van der Waals surface area contributed by atoms with Gasteiger partial charge in [-0.25, -0.2) is 4.98 Å². The molecule has 2 fully saturated rings. The number of carbonyl (C=O) groups excluding carboxylic acids is 2. The maximum atomic E-state index is 12.6. The lowest BCUT2D eigenvalue weighted by Gasteiger charge is -2.34. The molecular weight excluding hydrogens is 349 g/mol. The molecule has 0 aromatic carbocycles. The van der Waals surface area contributed by atoms with Crippen LogP contribution in [0.15, 0.2) is 18.3 Å². The summed E-state index contributed by atoms with van der Waals surface area (Å²) < 4.78 is 37.8. The molecule has 26 heavy (non-hydrogen) atoms. The monoisotopic (exact) mass is 370 g/mol. The average molecular weight is 370 g/mol. The first kappa shape index (κ1) is 18.6. The van der Waals surface area contributed by atoms with E-state index in [4.69, 9.17) is 0 Å². The van der Waals surface area contributed by atoms with E-state index < -0.39 is 17.8 Å². The van der Waals surface area contributed by atoms with E-state index in [0.717, 1.165) is 25.1 Å². The van der Waals surface area contributed by atoms with E-state index in [2.05, 4.69) is 10.3 Å². The van der Waals surface area contributed by atoms with Crippen molar-refractivity contribution in [2.75, 3.05) is 24.5 Å². The van der Waals surface area contributed by atoms with Crippen molar-refractivity contribution in [3.8, 4) is 0 Å². The van der Waals surface area contributed by atoms with Crippen LogP contribution in [0.4, 0.5) is 19.0 Å². The maximum absolute atomic E-state index is 12.6. The molecule has 0 aliphatic carbocycles. The first-order chi connectivity index (χ1) is 12.3. The number of aromatic nitrogens is 1. The van der Waals surface area contributed by atoms with E-state index in [-0.39, 0.29) is 24.3 Å². The summed E-state index contributed by atoms with van der Waals surface area (Å²) in [5, 5.41) is 3.26. The number of imide groups is 1. The van der Waals surface area contributed by atoms with Gasteiger partial charge >= 0.3 is 6.18 Å². The number of likely N-dealkylation sites (N-methyl/N-ethyl adjacent to an activating group) is 1. The Morgan fingerprint density at radius 2 is 1.92 bits per heavy atom. The van der Waals surface area contributed by atoms with Crippen molar-refractivity contribution in [2.24, 2.45) is 0 Å². The molecule has 1 unspecified atom stereocenters. The third kappa shape index (κ3) is 3.82. The van der Waals surface area contributed by atoms with E-state index in [1.165, 1.54) is 11.0 Å². The molecule has 9 heteroatoms. The van der Waals surface area contributed by atoms with Crippen LogP contribution in [-0.2, 0) is 15.8 Å². The fourth-order valence-corrected chi connectivity index (χ4v) is 3.45. The molecule has 0 spiro atoms. The predicted octanol–water partition coefficient (Wildman–Crippen LogP) is 1.81. The number of halogens is 3. The van der Waals surface area contributed by atoms with Gasteiger partial charge in [-0.05, 0) is 31.9 Å². The topological polar surface area (TPSA) is 65.5 Å². The molecular formula is C17H21F3N4O2. The third-order valence-electron chi connectivity index (χ3n) is 4.89. The number of anilines is 1. The molecule has 2 amide bonds. The molecule has 3 rings (SSSR count). The molecule has 142 valence electrons. The highest BCUT2D eigenvalue weighted by atomic mass is 19.4. The molecule has 1 aromatic heterocycles. The number of hydrogen-bond acceptors (Lipinski definition) is 5. The summed E-state index contributed by atoms with van der Waals surface area (Å²) in [4.78, 5) is 31.0. The zero-order chi connectivity index (χ0) is 18.9. The highest BCUT2D eigenvalue weighted by molar-refractivity contribution is 6.05. The van der Waals surface area contributed by atoms with Gasteiger partial charge in [0.05, 0.1) is 18.0 Å². The second-order valence-electron chi connectivity index (χ2n) is 6.56. The largest absolute Gasteiger partial charge is 0.417 e. The summed E-state index contributed by atoms with van der Waals surface area (Å²) in [7, 11) is 0. The Hall–Kier alpha value is -2.16. The first-order valence-corrected chi connectivity index (χ1v) is 8.68. The Kier molecular flexibility index (Phi) is 5.17. The van der Waals surface area contributed by atoms with Crippen LogP contribution in [0.3, 0.4) is 0 Å². The fraction of sp³-hybridized carbons (Fsp3) is 0.588. The van der Waals surface area contributed by atoms with Crippen LogP contribution in [0.25, 0.3) is 0 Å². The minimum Gasteiger partial charge on any atom is -0.357 e. The summed E-state index contributed by atoms with van der Waals surface area (Å²) in [6, 6.07) is 2.05. The van der Waals surface area contributed by atoms with Crippen molar-refractivity contribution >= 4 is 17.6 Å². The van der Waals surface area contributed by atoms with Gasteiger partial charge in [-0.15, -0.1) is 0 Å². The number of nitrogens with zero attached hydrogens (tertiary/aromatic N) is 3. The van der Waals surface area contributed by atoms with Crippen LogP contribution in [0.1, 0.15) is 31.7 Å². The lowest BCUT2D eigenvalue weighted by molar-refractivity contribution is -0.139. The Bertz CT molecular complexity index is 670. The summed E-state index contributed by atoms with van der Waals surface area (Å²) >= 11 is 0. The highest BCUT2D eigenvalue weighted by Crippen LogP contribution is 2.30. The van der Waals surface area contributed by atoms with Crippen LogP contribution < -0.4 is 10.2 Å². The van der Waals surface area contributed by atoms with Gasteiger partial charge in [-0.1, -0.05) is 0 Å². The number of alkyl halides is 3. The standard InChI is InChI=1S/C17H21F3N4O2/c1-2-24-15(25)9-13(16(24)26)22-12-5-7-23(8-6-12)14-4-3-11(10-21-14)17(18,19)20/h3-4,10,12-13,22H,2,5-9H2,1H3. The van der Waals surface area contributed by atoms with E-state index in [1.54, 1.807) is 6.92 Å². The van der Waals surface area contributed by atoms with Crippen LogP contribution >= 0.6 is 0 Å². The summed E-state index contributed by atoms with van der Waals surface area (Å²) in [6.45, 7) is 3.41. The number of likely N-dealkylation sites (tertiary alicyclic amines) is 1. The predicted molar refractivity (Wildman–Crippen MR) is 88.4 cm³/mol.